The highest BCUT2D eigenvalue weighted by atomic mass is 19.4. The third kappa shape index (κ3) is 6.32. The maximum Gasteiger partial charge on any atom is 0.390 e. The maximum absolute atomic E-state index is 13.8. The summed E-state index contributed by atoms with van der Waals surface area (Å²) in [5, 5.41) is 5.45. The summed E-state index contributed by atoms with van der Waals surface area (Å²) >= 11 is 0. The Balaban J connectivity index is 1.39. The summed E-state index contributed by atoms with van der Waals surface area (Å²) in [5.74, 6) is -0.402. The van der Waals surface area contributed by atoms with E-state index in [0.29, 0.717) is 11.5 Å². The smallest absolute Gasteiger partial charge is 0.315 e. The van der Waals surface area contributed by atoms with Crippen LogP contribution in [0.3, 0.4) is 0 Å². The molecular formula is C29H39F3N4O3. The lowest BCUT2D eigenvalue weighted by molar-refractivity contribution is -0.137. The number of hydrogen-bond acceptors (Lipinski definition) is 5. The van der Waals surface area contributed by atoms with Crippen LogP contribution in [0.2, 0.25) is 0 Å². The molecule has 1 unspecified atom stereocenters. The Kier molecular flexibility index (Phi) is 7.81. The van der Waals surface area contributed by atoms with Gasteiger partial charge in [0.2, 0.25) is 11.8 Å². The molecule has 39 heavy (non-hydrogen) atoms. The Hall–Kier alpha value is -2.46. The lowest BCUT2D eigenvalue weighted by atomic mass is 9.64. The van der Waals surface area contributed by atoms with Crippen LogP contribution >= 0.6 is 0 Å². The molecule has 7 nitrogen and oxygen atoms in total. The van der Waals surface area contributed by atoms with Gasteiger partial charge in [0.25, 0.3) is 5.91 Å². The molecular weight excluding hydrogens is 509 g/mol. The molecule has 10 heteroatoms. The quantitative estimate of drug-likeness (QED) is 0.467. The lowest BCUT2D eigenvalue weighted by Crippen LogP contribution is -2.56. The van der Waals surface area contributed by atoms with Gasteiger partial charge in [0, 0.05) is 49.1 Å². The van der Waals surface area contributed by atoms with Crippen molar-refractivity contribution in [2.75, 3.05) is 13.1 Å². The van der Waals surface area contributed by atoms with Crippen LogP contribution < -0.4 is 10.6 Å². The van der Waals surface area contributed by atoms with Gasteiger partial charge in [0.15, 0.2) is 0 Å². The van der Waals surface area contributed by atoms with E-state index < -0.39 is 18.6 Å². The summed E-state index contributed by atoms with van der Waals surface area (Å²) in [6, 6.07) is 7.24. The first kappa shape index (κ1) is 28.1. The fourth-order valence-electron chi connectivity index (χ4n) is 7.38. The van der Waals surface area contributed by atoms with Crippen LogP contribution in [0.25, 0.3) is 0 Å². The average Bonchev–Trinajstić information content (AvgIpc) is 3.13. The Morgan fingerprint density at radius 2 is 1.67 bits per heavy atom. The number of carbonyl (C=O) groups excluding carboxylic acids is 3. The van der Waals surface area contributed by atoms with Crippen LogP contribution in [0, 0.1) is 11.3 Å². The van der Waals surface area contributed by atoms with E-state index >= 15 is 0 Å². The fourth-order valence-corrected chi connectivity index (χ4v) is 7.38. The number of benzene rings is 1. The van der Waals surface area contributed by atoms with Crippen molar-refractivity contribution in [3.8, 4) is 0 Å². The molecule has 1 atom stereocenters. The Morgan fingerprint density at radius 1 is 1.03 bits per heavy atom. The first-order chi connectivity index (χ1) is 18.4. The maximum atomic E-state index is 13.8. The van der Waals surface area contributed by atoms with E-state index in [1.54, 1.807) is 4.90 Å². The summed E-state index contributed by atoms with van der Waals surface area (Å²) in [7, 11) is 0. The predicted molar refractivity (Wildman–Crippen MR) is 139 cm³/mol. The molecule has 2 N–H and O–H groups in total. The molecule has 2 saturated carbocycles. The topological polar surface area (TPSA) is 81.8 Å². The third-order valence-electron chi connectivity index (χ3n) is 8.95. The van der Waals surface area contributed by atoms with Crippen molar-refractivity contribution < 1.29 is 27.6 Å². The van der Waals surface area contributed by atoms with E-state index in [2.05, 4.69) is 29.4 Å². The van der Waals surface area contributed by atoms with Gasteiger partial charge in [-0.05, 0) is 55.9 Å². The van der Waals surface area contributed by atoms with Crippen LogP contribution in [-0.2, 0) is 9.59 Å². The van der Waals surface area contributed by atoms with Crippen molar-refractivity contribution in [3.63, 3.8) is 0 Å². The number of piperidine rings is 1. The number of imide groups is 1. The number of halogens is 3. The SMILES string of the molecule is CC1(C)CC(CN(C2CCC(NCCC(F)(F)F)CC2)C2c3ccccc3C(=O)N2C2CC(=O)NC(=O)C2)C1. The summed E-state index contributed by atoms with van der Waals surface area (Å²) in [6.07, 6.45) is 0.125. The van der Waals surface area contributed by atoms with Crippen molar-refractivity contribution in [2.45, 2.75) is 102 Å². The normalized spacial score (nSPS) is 28.0. The van der Waals surface area contributed by atoms with Crippen molar-refractivity contribution in [1.29, 1.82) is 0 Å². The number of fused-ring (bicyclic) bond motifs is 1. The predicted octanol–water partition coefficient (Wildman–Crippen LogP) is 4.54. The molecule has 0 radical (unpaired) electrons. The summed E-state index contributed by atoms with van der Waals surface area (Å²) in [4.78, 5) is 42.6. The first-order valence-electron chi connectivity index (χ1n) is 14.2. The highest BCUT2D eigenvalue weighted by Gasteiger charge is 2.49. The van der Waals surface area contributed by atoms with E-state index in [1.165, 1.54) is 0 Å². The van der Waals surface area contributed by atoms with Crippen LogP contribution in [-0.4, -0.2) is 64.9 Å². The number of hydrogen-bond donors (Lipinski definition) is 2. The number of carbonyl (C=O) groups is 3. The largest absolute Gasteiger partial charge is 0.390 e. The molecule has 1 saturated heterocycles. The molecule has 2 aliphatic carbocycles. The molecule has 1 aromatic rings. The van der Waals surface area contributed by atoms with Gasteiger partial charge in [-0.25, -0.2) is 0 Å². The standard InChI is InChI=1S/C29H39F3N4O3/c1-28(2)15-18(16-28)17-35(20-9-7-19(8-10-20)33-12-11-29(30,31)32)26-22-5-3-4-6-23(22)27(39)36(26)21-13-24(37)34-25(38)14-21/h3-6,18-21,26,33H,7-17H2,1-2H3,(H,34,37,38). The van der Waals surface area contributed by atoms with E-state index in [4.69, 9.17) is 0 Å². The second kappa shape index (κ2) is 10.8. The van der Waals surface area contributed by atoms with Gasteiger partial charge < -0.3 is 10.2 Å². The molecule has 2 aliphatic heterocycles. The minimum absolute atomic E-state index is 0.0429. The average molecular weight is 549 g/mol. The van der Waals surface area contributed by atoms with Crippen LogP contribution in [0.4, 0.5) is 13.2 Å². The lowest BCUT2D eigenvalue weighted by Gasteiger charge is -2.50. The molecule has 2 heterocycles. The van der Waals surface area contributed by atoms with Crippen molar-refractivity contribution in [2.24, 2.45) is 11.3 Å². The van der Waals surface area contributed by atoms with Crippen molar-refractivity contribution >= 4 is 17.7 Å². The number of nitrogens with zero attached hydrogens (tertiary/aromatic N) is 2. The van der Waals surface area contributed by atoms with Crippen LogP contribution in [0.5, 0.6) is 0 Å². The van der Waals surface area contributed by atoms with E-state index in [1.807, 2.05) is 24.3 Å². The zero-order valence-electron chi connectivity index (χ0n) is 22.7. The molecule has 3 fully saturated rings. The molecule has 3 amide bonds. The monoisotopic (exact) mass is 548 g/mol. The number of alkyl halides is 3. The molecule has 0 aromatic heterocycles. The number of amides is 3. The minimum Gasteiger partial charge on any atom is -0.315 e. The van der Waals surface area contributed by atoms with E-state index in [-0.39, 0.29) is 60.8 Å². The van der Waals surface area contributed by atoms with Gasteiger partial charge in [-0.15, -0.1) is 0 Å². The Morgan fingerprint density at radius 3 is 2.28 bits per heavy atom. The summed E-state index contributed by atoms with van der Waals surface area (Å²) in [5.41, 5.74) is 1.81. The second-order valence-electron chi connectivity index (χ2n) is 12.7. The van der Waals surface area contributed by atoms with Gasteiger partial charge >= 0.3 is 6.18 Å². The third-order valence-corrected chi connectivity index (χ3v) is 8.95. The van der Waals surface area contributed by atoms with Crippen molar-refractivity contribution in [1.82, 2.24) is 20.4 Å². The zero-order chi connectivity index (χ0) is 27.9. The Bertz CT molecular complexity index is 1080. The van der Waals surface area contributed by atoms with Gasteiger partial charge in [-0.2, -0.15) is 13.2 Å². The van der Waals surface area contributed by atoms with Gasteiger partial charge in [0.1, 0.15) is 6.17 Å². The molecule has 214 valence electrons. The molecule has 4 aliphatic rings. The summed E-state index contributed by atoms with van der Waals surface area (Å²) < 4.78 is 37.9. The van der Waals surface area contributed by atoms with Crippen LogP contribution in [0.1, 0.15) is 93.7 Å². The number of nitrogens with one attached hydrogen (secondary N) is 2. The highest BCUT2D eigenvalue weighted by Crippen LogP contribution is 2.48. The number of rotatable bonds is 8. The van der Waals surface area contributed by atoms with Crippen LogP contribution in [0.15, 0.2) is 24.3 Å². The zero-order valence-corrected chi connectivity index (χ0v) is 22.7. The first-order valence-corrected chi connectivity index (χ1v) is 14.2. The molecule has 1 aromatic carbocycles. The van der Waals surface area contributed by atoms with Gasteiger partial charge in [-0.1, -0.05) is 32.0 Å². The molecule has 5 rings (SSSR count). The van der Waals surface area contributed by atoms with Gasteiger partial charge in [0.05, 0.1) is 12.5 Å². The molecule has 0 bridgehead atoms. The molecule has 0 spiro atoms. The highest BCUT2D eigenvalue weighted by molar-refractivity contribution is 6.02. The van der Waals surface area contributed by atoms with E-state index in [0.717, 1.165) is 50.6 Å². The summed E-state index contributed by atoms with van der Waals surface area (Å²) in [6.45, 7) is 5.25. The van der Waals surface area contributed by atoms with E-state index in [9.17, 15) is 27.6 Å². The Labute approximate surface area is 227 Å². The second-order valence-corrected chi connectivity index (χ2v) is 12.7. The fraction of sp³-hybridized carbons (Fsp3) is 0.690. The minimum atomic E-state index is -4.17. The van der Waals surface area contributed by atoms with Gasteiger partial charge in [-0.3, -0.25) is 24.6 Å². The van der Waals surface area contributed by atoms with Crippen molar-refractivity contribution in [3.05, 3.63) is 35.4 Å².